The van der Waals surface area contributed by atoms with Gasteiger partial charge in [0.2, 0.25) is 0 Å². The lowest BCUT2D eigenvalue weighted by Crippen LogP contribution is -2.14. The fourth-order valence-corrected chi connectivity index (χ4v) is 1.06. The van der Waals surface area contributed by atoms with Crippen LogP contribution in [0.3, 0.4) is 0 Å². The minimum absolute atomic E-state index is 0.232. The van der Waals surface area contributed by atoms with E-state index >= 15 is 0 Å². The molecule has 1 aromatic rings. The summed E-state index contributed by atoms with van der Waals surface area (Å²) in [7, 11) is 1.81. The molecule has 0 radical (unpaired) electrons. The third-order valence-electron chi connectivity index (χ3n) is 1.69. The van der Waals surface area contributed by atoms with E-state index in [0.29, 0.717) is 12.2 Å². The van der Waals surface area contributed by atoms with Crippen molar-refractivity contribution in [2.75, 3.05) is 20.2 Å². The maximum absolute atomic E-state index is 12.7. The van der Waals surface area contributed by atoms with Crippen LogP contribution in [0.4, 0.5) is 8.78 Å². The van der Waals surface area contributed by atoms with Crippen LogP contribution in [-0.2, 0) is 11.3 Å². The van der Waals surface area contributed by atoms with Gasteiger partial charge in [0.1, 0.15) is 11.6 Å². The molecule has 0 fully saturated rings. The molecule has 0 aliphatic heterocycles. The van der Waals surface area contributed by atoms with Gasteiger partial charge in [-0.1, -0.05) is 0 Å². The number of benzene rings is 1. The van der Waals surface area contributed by atoms with Crippen molar-refractivity contribution in [1.82, 2.24) is 5.32 Å². The highest BCUT2D eigenvalue weighted by atomic mass is 19.1. The lowest BCUT2D eigenvalue weighted by molar-refractivity contribution is 0.123. The van der Waals surface area contributed by atoms with Gasteiger partial charge in [0.25, 0.3) is 0 Å². The summed E-state index contributed by atoms with van der Waals surface area (Å²) in [6.45, 7) is 1.47. The number of ether oxygens (including phenoxy) is 1. The molecule has 0 aromatic heterocycles. The van der Waals surface area contributed by atoms with Gasteiger partial charge >= 0.3 is 0 Å². The van der Waals surface area contributed by atoms with Gasteiger partial charge in [0, 0.05) is 12.6 Å². The van der Waals surface area contributed by atoms with E-state index in [1.807, 2.05) is 7.05 Å². The largest absolute Gasteiger partial charge is 0.375 e. The van der Waals surface area contributed by atoms with Crippen LogP contribution in [0.1, 0.15) is 5.56 Å². The highest BCUT2D eigenvalue weighted by Gasteiger charge is 2.00. The summed E-state index contributed by atoms with van der Waals surface area (Å²) in [5.74, 6) is -1.14. The maximum atomic E-state index is 12.7. The van der Waals surface area contributed by atoms with E-state index < -0.39 is 11.6 Å². The molecule has 0 heterocycles. The van der Waals surface area contributed by atoms with Crippen molar-refractivity contribution in [3.05, 3.63) is 35.4 Å². The first-order valence-corrected chi connectivity index (χ1v) is 4.39. The molecule has 0 bridgehead atoms. The van der Waals surface area contributed by atoms with E-state index in [0.717, 1.165) is 12.6 Å². The topological polar surface area (TPSA) is 21.3 Å². The maximum Gasteiger partial charge on any atom is 0.126 e. The van der Waals surface area contributed by atoms with Crippen molar-refractivity contribution in [2.24, 2.45) is 0 Å². The van der Waals surface area contributed by atoms with Crippen molar-refractivity contribution >= 4 is 0 Å². The molecule has 4 heteroatoms. The van der Waals surface area contributed by atoms with Gasteiger partial charge in [-0.05, 0) is 24.7 Å². The van der Waals surface area contributed by atoms with Crippen LogP contribution in [0.25, 0.3) is 0 Å². The molecular formula is C10H13F2NO. The van der Waals surface area contributed by atoms with Crippen molar-refractivity contribution in [3.8, 4) is 0 Å². The van der Waals surface area contributed by atoms with Gasteiger partial charge in [-0.2, -0.15) is 0 Å². The zero-order valence-corrected chi connectivity index (χ0v) is 8.02. The van der Waals surface area contributed by atoms with Crippen molar-refractivity contribution < 1.29 is 13.5 Å². The monoisotopic (exact) mass is 201 g/mol. The Hall–Kier alpha value is -1.00. The smallest absolute Gasteiger partial charge is 0.126 e. The summed E-state index contributed by atoms with van der Waals surface area (Å²) in [5, 5.41) is 2.90. The predicted molar refractivity (Wildman–Crippen MR) is 49.9 cm³/mol. The molecule has 0 atom stereocenters. The van der Waals surface area contributed by atoms with Crippen LogP contribution in [0, 0.1) is 11.6 Å². The fraction of sp³-hybridized carbons (Fsp3) is 0.400. The number of likely N-dealkylation sites (N-methyl/N-ethyl adjacent to an activating group) is 1. The molecule has 0 spiro atoms. The molecule has 0 saturated heterocycles. The highest BCUT2D eigenvalue weighted by Crippen LogP contribution is 2.08. The SMILES string of the molecule is CNCCOCc1cc(F)cc(F)c1. The number of nitrogens with one attached hydrogen (secondary N) is 1. The van der Waals surface area contributed by atoms with Gasteiger partial charge in [-0.25, -0.2) is 8.78 Å². The predicted octanol–water partition coefficient (Wildman–Crippen LogP) is 1.70. The molecule has 0 aliphatic carbocycles. The molecule has 0 saturated carbocycles. The summed E-state index contributed by atoms with van der Waals surface area (Å²) in [6, 6.07) is 3.38. The summed E-state index contributed by atoms with van der Waals surface area (Å²) in [4.78, 5) is 0. The van der Waals surface area contributed by atoms with Gasteiger partial charge in [-0.15, -0.1) is 0 Å². The number of rotatable bonds is 5. The van der Waals surface area contributed by atoms with E-state index in [2.05, 4.69) is 5.32 Å². The normalized spacial score (nSPS) is 10.5. The van der Waals surface area contributed by atoms with Crippen molar-refractivity contribution in [3.63, 3.8) is 0 Å². The quantitative estimate of drug-likeness (QED) is 0.732. The summed E-state index contributed by atoms with van der Waals surface area (Å²) in [6.07, 6.45) is 0. The molecule has 0 amide bonds. The molecule has 1 aromatic carbocycles. The molecule has 2 nitrogen and oxygen atoms in total. The van der Waals surface area contributed by atoms with Gasteiger partial charge in [-0.3, -0.25) is 0 Å². The zero-order chi connectivity index (χ0) is 10.4. The second-order valence-corrected chi connectivity index (χ2v) is 2.93. The molecule has 0 unspecified atom stereocenters. The van der Waals surface area contributed by atoms with Crippen LogP contribution < -0.4 is 5.32 Å². The summed E-state index contributed by atoms with van der Waals surface area (Å²) >= 11 is 0. The van der Waals surface area contributed by atoms with E-state index in [1.165, 1.54) is 12.1 Å². The lowest BCUT2D eigenvalue weighted by Gasteiger charge is -2.04. The lowest BCUT2D eigenvalue weighted by atomic mass is 10.2. The first-order chi connectivity index (χ1) is 6.72. The Bertz CT molecular complexity index is 271. The van der Waals surface area contributed by atoms with E-state index in [9.17, 15) is 8.78 Å². The van der Waals surface area contributed by atoms with Crippen LogP contribution in [0.15, 0.2) is 18.2 Å². The highest BCUT2D eigenvalue weighted by molar-refractivity contribution is 5.16. The average Bonchev–Trinajstić information content (AvgIpc) is 2.11. The van der Waals surface area contributed by atoms with E-state index in [4.69, 9.17) is 4.74 Å². The van der Waals surface area contributed by atoms with Gasteiger partial charge < -0.3 is 10.1 Å². The number of halogens is 2. The van der Waals surface area contributed by atoms with E-state index in [-0.39, 0.29) is 6.61 Å². The van der Waals surface area contributed by atoms with Crippen LogP contribution in [0.5, 0.6) is 0 Å². The second-order valence-electron chi connectivity index (χ2n) is 2.93. The molecule has 1 N–H and O–H groups in total. The van der Waals surface area contributed by atoms with Gasteiger partial charge in [0.05, 0.1) is 13.2 Å². The Kier molecular flexibility index (Phi) is 4.49. The molecular weight excluding hydrogens is 188 g/mol. The Morgan fingerprint density at radius 2 is 1.86 bits per heavy atom. The Morgan fingerprint density at radius 1 is 1.21 bits per heavy atom. The Morgan fingerprint density at radius 3 is 2.43 bits per heavy atom. The van der Waals surface area contributed by atoms with Crippen LogP contribution >= 0.6 is 0 Å². The Balaban J connectivity index is 2.42. The minimum Gasteiger partial charge on any atom is -0.375 e. The van der Waals surface area contributed by atoms with Crippen molar-refractivity contribution in [2.45, 2.75) is 6.61 Å². The third-order valence-corrected chi connectivity index (χ3v) is 1.69. The summed E-state index contributed by atoms with van der Waals surface area (Å²) in [5.41, 5.74) is 0.513. The minimum atomic E-state index is -0.572. The standard InChI is InChI=1S/C10H13F2NO/c1-13-2-3-14-7-8-4-9(11)6-10(12)5-8/h4-6,13H,2-3,7H2,1H3. The first kappa shape index (κ1) is 11.1. The first-order valence-electron chi connectivity index (χ1n) is 4.39. The molecule has 0 aliphatic rings. The van der Waals surface area contributed by atoms with Crippen LogP contribution in [-0.4, -0.2) is 20.2 Å². The Labute approximate surface area is 81.9 Å². The van der Waals surface area contributed by atoms with Gasteiger partial charge in [0.15, 0.2) is 0 Å². The fourth-order valence-electron chi connectivity index (χ4n) is 1.06. The zero-order valence-electron chi connectivity index (χ0n) is 8.02. The third kappa shape index (κ3) is 3.81. The van der Waals surface area contributed by atoms with Crippen molar-refractivity contribution in [1.29, 1.82) is 0 Å². The molecule has 1 rings (SSSR count). The van der Waals surface area contributed by atoms with E-state index in [1.54, 1.807) is 0 Å². The second kappa shape index (κ2) is 5.67. The molecule has 14 heavy (non-hydrogen) atoms. The average molecular weight is 201 g/mol. The summed E-state index contributed by atoms with van der Waals surface area (Å²) < 4.78 is 30.6. The molecule has 78 valence electrons. The number of hydrogen-bond donors (Lipinski definition) is 1. The number of hydrogen-bond acceptors (Lipinski definition) is 2. The van der Waals surface area contributed by atoms with Crippen LogP contribution in [0.2, 0.25) is 0 Å².